The van der Waals surface area contributed by atoms with Crippen LogP contribution in [0.4, 0.5) is 0 Å². The van der Waals surface area contributed by atoms with Crippen LogP contribution in [0, 0.1) is 0 Å². The van der Waals surface area contributed by atoms with Gasteiger partial charge >= 0.3 is 11.9 Å². The normalized spacial score (nSPS) is 18.6. The van der Waals surface area contributed by atoms with Gasteiger partial charge in [0.05, 0.1) is 20.3 Å². The summed E-state index contributed by atoms with van der Waals surface area (Å²) in [5.74, 6) is -0.942. The Morgan fingerprint density at radius 2 is 1.86 bits per heavy atom. The molecule has 1 aliphatic heterocycles. The molecule has 3 atom stereocenters. The van der Waals surface area contributed by atoms with Crippen LogP contribution in [0.5, 0.6) is 0 Å². The maximum atomic E-state index is 13.0. The van der Waals surface area contributed by atoms with E-state index in [0.29, 0.717) is 25.8 Å². The fourth-order valence-electron chi connectivity index (χ4n) is 3.67. The minimum absolute atomic E-state index is 0.177. The second-order valence-corrected chi connectivity index (χ2v) is 7.12. The summed E-state index contributed by atoms with van der Waals surface area (Å²) >= 11 is 0. The van der Waals surface area contributed by atoms with Gasteiger partial charge in [-0.3, -0.25) is 14.5 Å². The average molecular weight is 390 g/mol. The first kappa shape index (κ1) is 21.9. The molecule has 1 aromatic carbocycles. The third-order valence-electron chi connectivity index (χ3n) is 5.49. The van der Waals surface area contributed by atoms with E-state index in [-0.39, 0.29) is 11.9 Å². The summed E-state index contributed by atoms with van der Waals surface area (Å²) in [4.78, 5) is 40.7. The Hall–Kier alpha value is -2.41. The van der Waals surface area contributed by atoms with Crippen LogP contribution >= 0.6 is 0 Å². The van der Waals surface area contributed by atoms with Crippen LogP contribution < -0.4 is 0 Å². The maximum Gasteiger partial charge on any atom is 0.328 e. The molecule has 0 N–H and O–H groups in total. The lowest BCUT2D eigenvalue weighted by atomic mass is 10.0. The van der Waals surface area contributed by atoms with Crippen LogP contribution in [0.15, 0.2) is 30.3 Å². The molecule has 28 heavy (non-hydrogen) atoms. The molecule has 0 aromatic heterocycles. The van der Waals surface area contributed by atoms with E-state index in [1.165, 1.54) is 14.2 Å². The molecule has 0 radical (unpaired) electrons. The van der Waals surface area contributed by atoms with Crippen molar-refractivity contribution in [2.24, 2.45) is 0 Å². The van der Waals surface area contributed by atoms with Crippen molar-refractivity contribution in [2.75, 3.05) is 27.8 Å². The molecule has 0 spiro atoms. The zero-order chi connectivity index (χ0) is 20.7. The summed E-state index contributed by atoms with van der Waals surface area (Å²) in [6.45, 7) is 2.27. The lowest BCUT2D eigenvalue weighted by molar-refractivity contribution is -0.155. The Morgan fingerprint density at radius 3 is 2.46 bits per heavy atom. The number of hydrogen-bond donors (Lipinski definition) is 0. The molecule has 1 aromatic rings. The smallest absolute Gasteiger partial charge is 0.328 e. The van der Waals surface area contributed by atoms with Crippen LogP contribution in [0.2, 0.25) is 0 Å². The van der Waals surface area contributed by atoms with Crippen molar-refractivity contribution in [3.8, 4) is 0 Å². The van der Waals surface area contributed by atoms with Gasteiger partial charge in [0.15, 0.2) is 0 Å². The largest absolute Gasteiger partial charge is 0.468 e. The van der Waals surface area contributed by atoms with Crippen molar-refractivity contribution >= 4 is 17.8 Å². The number of aryl methyl sites for hydroxylation is 1. The molecule has 7 nitrogen and oxygen atoms in total. The van der Waals surface area contributed by atoms with Gasteiger partial charge in [0.1, 0.15) is 12.1 Å². The molecule has 2 rings (SSSR count). The highest BCUT2D eigenvalue weighted by Gasteiger charge is 2.39. The lowest BCUT2D eigenvalue weighted by Gasteiger charge is -2.34. The third kappa shape index (κ3) is 5.10. The Balaban J connectivity index is 2.09. The number of likely N-dealkylation sites (N-methyl/N-ethyl adjacent to an activating group) is 1. The summed E-state index contributed by atoms with van der Waals surface area (Å²) in [5, 5.41) is 0. The Morgan fingerprint density at radius 1 is 1.18 bits per heavy atom. The highest BCUT2D eigenvalue weighted by Crippen LogP contribution is 2.22. The van der Waals surface area contributed by atoms with Crippen LogP contribution in [-0.2, 0) is 30.3 Å². The van der Waals surface area contributed by atoms with E-state index in [4.69, 9.17) is 9.47 Å². The first-order chi connectivity index (χ1) is 13.4. The van der Waals surface area contributed by atoms with Crippen molar-refractivity contribution in [2.45, 2.75) is 50.7 Å². The summed E-state index contributed by atoms with van der Waals surface area (Å²) in [6.07, 6.45) is 2.59. The molecular formula is C21H30N2O5. The third-order valence-corrected chi connectivity index (χ3v) is 5.49. The van der Waals surface area contributed by atoms with Gasteiger partial charge < -0.3 is 14.4 Å². The minimum atomic E-state index is -0.565. The number of carbonyl (C=O) groups is 3. The van der Waals surface area contributed by atoms with Crippen LogP contribution in [0.3, 0.4) is 0 Å². The first-order valence-corrected chi connectivity index (χ1v) is 9.62. The van der Waals surface area contributed by atoms with E-state index in [9.17, 15) is 14.4 Å². The molecule has 0 aliphatic carbocycles. The van der Waals surface area contributed by atoms with Gasteiger partial charge in [-0.25, -0.2) is 4.79 Å². The van der Waals surface area contributed by atoms with Gasteiger partial charge in [0.2, 0.25) is 5.91 Å². The fraction of sp³-hybridized carbons (Fsp3) is 0.571. The van der Waals surface area contributed by atoms with Gasteiger partial charge in [-0.2, -0.15) is 0 Å². The number of amides is 1. The van der Waals surface area contributed by atoms with Gasteiger partial charge in [0.25, 0.3) is 0 Å². The monoisotopic (exact) mass is 390 g/mol. The SMILES string of the molecule is COC(=O)[C@@H]1CCCN1C(=O)[C@H](C)N(C)[C@@H](CCc1ccccc1)C(=O)OC. The maximum absolute atomic E-state index is 13.0. The number of hydrogen-bond acceptors (Lipinski definition) is 6. The molecular weight excluding hydrogens is 360 g/mol. The number of benzene rings is 1. The van der Waals surface area contributed by atoms with Crippen LogP contribution in [0.1, 0.15) is 31.7 Å². The summed E-state index contributed by atoms with van der Waals surface area (Å²) < 4.78 is 9.80. The van der Waals surface area contributed by atoms with Crippen LogP contribution in [-0.4, -0.2) is 73.6 Å². The van der Waals surface area contributed by atoms with E-state index in [1.54, 1.807) is 23.8 Å². The number of esters is 2. The predicted molar refractivity (Wildman–Crippen MR) is 105 cm³/mol. The van der Waals surface area contributed by atoms with E-state index in [1.807, 2.05) is 30.3 Å². The quantitative estimate of drug-likeness (QED) is 0.628. The summed E-state index contributed by atoms with van der Waals surface area (Å²) in [6, 6.07) is 8.21. The lowest BCUT2D eigenvalue weighted by Crippen LogP contribution is -2.54. The minimum Gasteiger partial charge on any atom is -0.468 e. The second-order valence-electron chi connectivity index (χ2n) is 7.12. The zero-order valence-corrected chi connectivity index (χ0v) is 17.1. The molecule has 0 bridgehead atoms. The molecule has 1 aliphatic rings. The number of nitrogens with zero attached hydrogens (tertiary/aromatic N) is 2. The van der Waals surface area contributed by atoms with E-state index in [0.717, 1.165) is 12.0 Å². The average Bonchev–Trinajstić information content (AvgIpc) is 3.22. The molecule has 7 heteroatoms. The highest BCUT2D eigenvalue weighted by molar-refractivity contribution is 5.88. The Labute approximate surface area is 166 Å². The molecule has 0 saturated carbocycles. The molecule has 1 saturated heterocycles. The van der Waals surface area contributed by atoms with E-state index in [2.05, 4.69) is 0 Å². The predicted octanol–water partition coefficient (Wildman–Crippen LogP) is 1.65. The molecule has 154 valence electrons. The van der Waals surface area contributed by atoms with Gasteiger partial charge in [-0.15, -0.1) is 0 Å². The zero-order valence-electron chi connectivity index (χ0n) is 17.1. The topological polar surface area (TPSA) is 76.2 Å². The van der Waals surface area contributed by atoms with Crippen molar-refractivity contribution in [3.63, 3.8) is 0 Å². The number of methoxy groups -OCH3 is 2. The molecule has 1 heterocycles. The number of rotatable bonds is 8. The number of ether oxygens (including phenoxy) is 2. The fourth-order valence-corrected chi connectivity index (χ4v) is 3.67. The van der Waals surface area contributed by atoms with Gasteiger partial charge in [-0.05, 0) is 45.2 Å². The van der Waals surface area contributed by atoms with Gasteiger partial charge in [-0.1, -0.05) is 30.3 Å². The number of carbonyl (C=O) groups excluding carboxylic acids is 3. The van der Waals surface area contributed by atoms with Crippen LogP contribution in [0.25, 0.3) is 0 Å². The van der Waals surface area contributed by atoms with Crippen molar-refractivity contribution in [1.29, 1.82) is 0 Å². The summed E-state index contributed by atoms with van der Waals surface area (Å²) in [5.41, 5.74) is 1.12. The van der Waals surface area contributed by atoms with E-state index >= 15 is 0 Å². The Bertz CT molecular complexity index is 679. The number of likely N-dealkylation sites (tertiary alicyclic amines) is 1. The van der Waals surface area contributed by atoms with Crippen molar-refractivity contribution in [3.05, 3.63) is 35.9 Å². The molecule has 1 fully saturated rings. The van der Waals surface area contributed by atoms with Crippen molar-refractivity contribution < 1.29 is 23.9 Å². The highest BCUT2D eigenvalue weighted by atomic mass is 16.5. The second kappa shape index (κ2) is 10.2. The van der Waals surface area contributed by atoms with Gasteiger partial charge in [0, 0.05) is 6.54 Å². The first-order valence-electron chi connectivity index (χ1n) is 9.62. The molecule has 1 amide bonds. The van der Waals surface area contributed by atoms with Crippen molar-refractivity contribution in [1.82, 2.24) is 9.80 Å². The van der Waals surface area contributed by atoms with E-state index < -0.39 is 24.1 Å². The molecule has 0 unspecified atom stereocenters. The Kier molecular flexibility index (Phi) is 7.99. The summed E-state index contributed by atoms with van der Waals surface area (Å²) in [7, 11) is 4.43. The standard InChI is InChI=1S/C21H30N2O5/c1-15(19(24)23-14-8-11-18(23)21(26)28-4)22(2)17(20(25)27-3)13-12-16-9-6-5-7-10-16/h5-7,9-10,15,17-18H,8,11-14H2,1-4H3/t15-,17-,18-/m0/s1.